The molecule has 0 bridgehead atoms. The first-order valence-corrected chi connectivity index (χ1v) is 16.2. The van der Waals surface area contributed by atoms with Crippen LogP contribution in [0.1, 0.15) is 29.5 Å². The van der Waals surface area contributed by atoms with Crippen molar-refractivity contribution in [2.24, 2.45) is 5.92 Å². The van der Waals surface area contributed by atoms with Gasteiger partial charge in [-0.05, 0) is 72.9 Å². The van der Waals surface area contributed by atoms with E-state index in [9.17, 15) is 8.42 Å². The first-order valence-electron chi connectivity index (χ1n) is 14.3. The van der Waals surface area contributed by atoms with Gasteiger partial charge in [-0.25, -0.2) is 8.42 Å². The number of hydrogen-bond acceptors (Lipinski definition) is 6. The molecule has 7 nitrogen and oxygen atoms in total. The summed E-state index contributed by atoms with van der Waals surface area (Å²) < 4.78 is 44.3. The summed E-state index contributed by atoms with van der Waals surface area (Å²) in [6, 6.07) is 31.7. The Labute approximate surface area is 249 Å². The molecule has 1 heterocycles. The Hall–Kier alpha value is -4.01. The fourth-order valence-corrected chi connectivity index (χ4v) is 5.73. The van der Waals surface area contributed by atoms with Crippen LogP contribution in [0, 0.1) is 12.8 Å². The van der Waals surface area contributed by atoms with Crippen LogP contribution in [0.4, 0.5) is 11.4 Å². The molecule has 0 amide bonds. The molecule has 0 saturated carbocycles. The summed E-state index contributed by atoms with van der Waals surface area (Å²) in [5.41, 5.74) is 4.68. The van der Waals surface area contributed by atoms with Crippen molar-refractivity contribution in [3.63, 3.8) is 0 Å². The first-order chi connectivity index (χ1) is 20.3. The molecule has 1 aliphatic heterocycles. The lowest BCUT2D eigenvalue weighted by Gasteiger charge is -2.28. The molecular formula is C34H38N2O5S. The maximum absolute atomic E-state index is 11.9. The van der Waals surface area contributed by atoms with Crippen molar-refractivity contribution in [1.29, 1.82) is 0 Å². The minimum Gasteiger partial charge on any atom is -0.493 e. The van der Waals surface area contributed by atoms with Gasteiger partial charge in [0.2, 0.25) is 10.0 Å². The zero-order valence-electron chi connectivity index (χ0n) is 24.2. The topological polar surface area (TPSA) is 77.1 Å². The lowest BCUT2D eigenvalue weighted by atomic mass is 10.0. The van der Waals surface area contributed by atoms with Crippen LogP contribution in [0.3, 0.4) is 0 Å². The van der Waals surface area contributed by atoms with Crippen molar-refractivity contribution in [1.82, 2.24) is 0 Å². The first kappa shape index (κ1) is 29.5. The zero-order chi connectivity index (χ0) is 29.4. The van der Waals surface area contributed by atoms with Crippen LogP contribution in [-0.4, -0.2) is 34.5 Å². The molecule has 1 unspecified atom stereocenters. The predicted molar refractivity (Wildman–Crippen MR) is 168 cm³/mol. The van der Waals surface area contributed by atoms with Gasteiger partial charge in [-0.1, -0.05) is 54.6 Å². The average molecular weight is 587 g/mol. The third-order valence-electron chi connectivity index (χ3n) is 7.24. The largest absolute Gasteiger partial charge is 0.493 e. The van der Waals surface area contributed by atoms with E-state index in [-0.39, 0.29) is 0 Å². The minimum absolute atomic E-state index is 0.430. The number of anilines is 2. The number of nitrogens with zero attached hydrogens (tertiary/aromatic N) is 1. The molecule has 1 N–H and O–H groups in total. The molecule has 5 rings (SSSR count). The molecule has 1 saturated heterocycles. The molecule has 0 aromatic heterocycles. The van der Waals surface area contributed by atoms with Crippen molar-refractivity contribution >= 4 is 21.4 Å². The van der Waals surface area contributed by atoms with Gasteiger partial charge in [0, 0.05) is 37.4 Å². The number of sulfonamides is 1. The van der Waals surface area contributed by atoms with Gasteiger partial charge in [0.15, 0.2) is 0 Å². The lowest BCUT2D eigenvalue weighted by Crippen LogP contribution is -2.23. The van der Waals surface area contributed by atoms with Gasteiger partial charge in [0.05, 0.1) is 25.2 Å². The molecule has 4 aromatic rings. The number of benzene rings is 4. The predicted octanol–water partition coefficient (Wildman–Crippen LogP) is 7.17. The highest BCUT2D eigenvalue weighted by Crippen LogP contribution is 2.31. The molecule has 220 valence electrons. The van der Waals surface area contributed by atoms with E-state index in [4.69, 9.17) is 14.2 Å². The summed E-state index contributed by atoms with van der Waals surface area (Å²) in [5, 5.41) is 0. The summed E-state index contributed by atoms with van der Waals surface area (Å²) in [7, 11) is -3.40. The Balaban J connectivity index is 1.29. The van der Waals surface area contributed by atoms with Crippen molar-refractivity contribution in [2.45, 2.75) is 32.9 Å². The van der Waals surface area contributed by atoms with Crippen LogP contribution in [0.2, 0.25) is 0 Å². The van der Waals surface area contributed by atoms with Crippen LogP contribution < -0.4 is 19.1 Å². The molecule has 8 heteroatoms. The summed E-state index contributed by atoms with van der Waals surface area (Å²) in [6.45, 7) is 5.49. The second-order valence-electron chi connectivity index (χ2n) is 10.8. The second-order valence-corrected chi connectivity index (χ2v) is 12.5. The van der Waals surface area contributed by atoms with Gasteiger partial charge in [0.25, 0.3) is 0 Å². The van der Waals surface area contributed by atoms with E-state index in [1.165, 1.54) is 6.26 Å². The molecule has 0 spiro atoms. The van der Waals surface area contributed by atoms with E-state index in [2.05, 4.69) is 33.9 Å². The normalized spacial score (nSPS) is 15.1. The smallest absolute Gasteiger partial charge is 0.229 e. The minimum atomic E-state index is -3.40. The van der Waals surface area contributed by atoms with Crippen LogP contribution in [-0.2, 0) is 27.8 Å². The maximum Gasteiger partial charge on any atom is 0.229 e. The van der Waals surface area contributed by atoms with Crippen LogP contribution in [0.5, 0.6) is 17.2 Å². The van der Waals surface area contributed by atoms with Crippen LogP contribution in [0.25, 0.3) is 0 Å². The SMILES string of the molecule is Cc1c(NS(C)(=O)=O)cccc1N(Cc1ccccc1)Cc1ccc(Oc2cccc(OCC3CCCOC3)c2)cc1. The van der Waals surface area contributed by atoms with Gasteiger partial charge >= 0.3 is 0 Å². The Bertz CT molecular complexity index is 1550. The van der Waals surface area contributed by atoms with E-state index in [1.54, 1.807) is 6.07 Å². The van der Waals surface area contributed by atoms with E-state index in [0.717, 1.165) is 65.7 Å². The van der Waals surface area contributed by atoms with E-state index >= 15 is 0 Å². The van der Waals surface area contributed by atoms with E-state index < -0.39 is 10.0 Å². The third-order valence-corrected chi connectivity index (χ3v) is 7.83. The number of hydrogen-bond donors (Lipinski definition) is 1. The third kappa shape index (κ3) is 8.50. The van der Waals surface area contributed by atoms with Gasteiger partial charge in [-0.3, -0.25) is 4.72 Å². The molecule has 0 aliphatic carbocycles. The van der Waals surface area contributed by atoms with E-state index in [1.807, 2.05) is 73.7 Å². The number of rotatable bonds is 12. The second kappa shape index (κ2) is 13.8. The Morgan fingerprint density at radius 1 is 0.857 bits per heavy atom. The quantitative estimate of drug-likeness (QED) is 0.190. The number of ether oxygens (including phenoxy) is 3. The molecule has 1 fully saturated rings. The summed E-state index contributed by atoms with van der Waals surface area (Å²) in [4.78, 5) is 2.26. The van der Waals surface area contributed by atoms with E-state index in [0.29, 0.717) is 31.3 Å². The molecule has 1 atom stereocenters. The maximum atomic E-state index is 11.9. The van der Waals surface area contributed by atoms with Gasteiger partial charge < -0.3 is 19.1 Å². The molecule has 0 radical (unpaired) electrons. The highest BCUT2D eigenvalue weighted by molar-refractivity contribution is 7.92. The van der Waals surface area contributed by atoms with Gasteiger partial charge in [-0.15, -0.1) is 0 Å². The summed E-state index contributed by atoms with van der Waals surface area (Å²) >= 11 is 0. The summed E-state index contributed by atoms with van der Waals surface area (Å²) in [5.74, 6) is 2.67. The Morgan fingerprint density at radius 3 is 2.29 bits per heavy atom. The summed E-state index contributed by atoms with van der Waals surface area (Å²) in [6.07, 6.45) is 3.39. The molecule has 1 aliphatic rings. The zero-order valence-corrected chi connectivity index (χ0v) is 25.0. The highest BCUT2D eigenvalue weighted by atomic mass is 32.2. The van der Waals surface area contributed by atoms with Crippen molar-refractivity contribution in [3.8, 4) is 17.2 Å². The van der Waals surface area contributed by atoms with Gasteiger partial charge in [0.1, 0.15) is 17.2 Å². The van der Waals surface area contributed by atoms with Crippen molar-refractivity contribution < 1.29 is 22.6 Å². The fourth-order valence-electron chi connectivity index (χ4n) is 5.11. The Kier molecular flexibility index (Phi) is 9.66. The highest BCUT2D eigenvalue weighted by Gasteiger charge is 2.16. The van der Waals surface area contributed by atoms with Crippen LogP contribution >= 0.6 is 0 Å². The fraction of sp³-hybridized carbons (Fsp3) is 0.294. The standard InChI is InChI=1S/C34H38N2O5S/c1-26-33(35-42(2,37)38)14-7-15-34(26)36(22-27-9-4-3-5-10-27)23-28-16-18-30(19-17-28)41-32-13-6-12-31(21-32)40-25-29-11-8-20-39-24-29/h3-7,9-10,12-19,21,29,35H,8,11,20,22-25H2,1-2H3. The molecule has 42 heavy (non-hydrogen) atoms. The van der Waals surface area contributed by atoms with Crippen LogP contribution in [0.15, 0.2) is 97.1 Å². The van der Waals surface area contributed by atoms with Gasteiger partial charge in [-0.2, -0.15) is 0 Å². The molecule has 4 aromatic carbocycles. The van der Waals surface area contributed by atoms with Crippen molar-refractivity contribution in [2.75, 3.05) is 35.7 Å². The lowest BCUT2D eigenvalue weighted by molar-refractivity contribution is 0.0351. The average Bonchev–Trinajstić information content (AvgIpc) is 2.98. The molecular weight excluding hydrogens is 548 g/mol. The monoisotopic (exact) mass is 586 g/mol. The van der Waals surface area contributed by atoms with Crippen molar-refractivity contribution in [3.05, 3.63) is 114 Å². The Morgan fingerprint density at radius 2 is 1.57 bits per heavy atom. The number of nitrogens with one attached hydrogen (secondary N) is 1.